The Morgan fingerprint density at radius 2 is 1.74 bits per heavy atom. The minimum absolute atomic E-state index is 0.223. The summed E-state index contributed by atoms with van der Waals surface area (Å²) in [4.78, 5) is 26.8. The van der Waals surface area contributed by atoms with Gasteiger partial charge in [-0.3, -0.25) is 4.79 Å². The lowest BCUT2D eigenvalue weighted by molar-refractivity contribution is -0.377. The van der Waals surface area contributed by atoms with Crippen LogP contribution in [-0.2, 0) is 11.2 Å². The third-order valence-electron chi connectivity index (χ3n) is 4.67. The molecule has 0 aliphatic heterocycles. The van der Waals surface area contributed by atoms with Gasteiger partial charge in [-0.25, -0.2) is 9.78 Å². The highest BCUT2D eigenvalue weighted by atomic mass is 35.5. The van der Waals surface area contributed by atoms with Crippen LogP contribution in [0.5, 0.6) is 11.5 Å². The van der Waals surface area contributed by atoms with Gasteiger partial charge in [-0.15, -0.1) is 0 Å². The van der Waals surface area contributed by atoms with Crippen molar-refractivity contribution < 1.29 is 28.8 Å². The van der Waals surface area contributed by atoms with Crippen LogP contribution < -0.4 is 14.5 Å². The molecule has 31 heavy (non-hydrogen) atoms. The molecule has 0 saturated carbocycles. The predicted octanol–water partition coefficient (Wildman–Crippen LogP) is 4.78. The Balaban J connectivity index is 1.99. The van der Waals surface area contributed by atoms with Crippen LogP contribution in [0.25, 0.3) is 0 Å². The Kier molecular flexibility index (Phi) is 7.50. The molecular formula is C23H20Cl2NO5+. The highest BCUT2D eigenvalue weighted by Gasteiger charge is 2.24. The molecule has 160 valence electrons. The van der Waals surface area contributed by atoms with Crippen molar-refractivity contribution in [2.45, 2.75) is 12.5 Å². The molecule has 2 aromatic carbocycles. The summed E-state index contributed by atoms with van der Waals surface area (Å²) in [5.74, 6) is 0.446. The van der Waals surface area contributed by atoms with E-state index in [4.69, 9.17) is 37.4 Å². The zero-order chi connectivity index (χ0) is 22.4. The van der Waals surface area contributed by atoms with Gasteiger partial charge < -0.3 is 14.2 Å². The van der Waals surface area contributed by atoms with Crippen molar-refractivity contribution in [1.82, 2.24) is 0 Å². The summed E-state index contributed by atoms with van der Waals surface area (Å²) in [6.45, 7) is 0. The van der Waals surface area contributed by atoms with Gasteiger partial charge in [-0.05, 0) is 29.8 Å². The largest absolute Gasteiger partial charge is 0.493 e. The number of aromatic amines is 1. The molecule has 0 saturated heterocycles. The lowest BCUT2D eigenvalue weighted by atomic mass is 10.0. The van der Waals surface area contributed by atoms with Gasteiger partial charge in [0.15, 0.2) is 23.9 Å². The number of ether oxygens (including phenoxy) is 3. The van der Waals surface area contributed by atoms with Crippen LogP contribution in [-0.4, -0.2) is 26.5 Å². The fourth-order valence-corrected chi connectivity index (χ4v) is 3.61. The maximum Gasteiger partial charge on any atom is 0.338 e. The van der Waals surface area contributed by atoms with E-state index in [1.165, 1.54) is 20.3 Å². The van der Waals surface area contributed by atoms with Gasteiger partial charge in [0.05, 0.1) is 19.8 Å². The minimum atomic E-state index is -0.732. The molecule has 0 radical (unpaired) electrons. The number of nitrogens with one attached hydrogen (secondary N) is 1. The number of H-pyrrole nitrogens is 1. The number of hydrogen-bond acceptors (Lipinski definition) is 5. The van der Waals surface area contributed by atoms with Gasteiger partial charge >= 0.3 is 5.97 Å². The number of rotatable bonds is 8. The Hall–Kier alpha value is -3.09. The van der Waals surface area contributed by atoms with Crippen molar-refractivity contribution in [2.24, 2.45) is 0 Å². The standard InChI is InChI=1S/C23H19Cl2NO5/c1-29-20-7-6-15(9-22(20)30-2)21(10-17-18(24)11-26-12-19(17)25)31-23(28)16-5-3-4-14(8-16)13-27/h3-9,11-13,21H,10H2,1-2H3/p+1/t21-/m0/s1. The minimum Gasteiger partial charge on any atom is -0.493 e. The number of pyridine rings is 1. The third kappa shape index (κ3) is 5.34. The van der Waals surface area contributed by atoms with Gasteiger partial charge in [-0.2, -0.15) is 0 Å². The first-order valence-electron chi connectivity index (χ1n) is 9.29. The van der Waals surface area contributed by atoms with Crippen molar-refractivity contribution in [3.05, 3.63) is 87.2 Å². The Morgan fingerprint density at radius 3 is 2.39 bits per heavy atom. The number of carbonyl (C=O) groups excluding carboxylic acids is 2. The van der Waals surface area contributed by atoms with Crippen molar-refractivity contribution in [3.8, 4) is 11.5 Å². The molecule has 0 fully saturated rings. The molecule has 3 aromatic rings. The Bertz CT molecular complexity index is 1080. The molecule has 6 nitrogen and oxygen atoms in total. The average molecular weight is 461 g/mol. The Labute approximate surface area is 189 Å². The zero-order valence-electron chi connectivity index (χ0n) is 16.9. The van der Waals surface area contributed by atoms with Crippen LogP contribution in [0.4, 0.5) is 0 Å². The van der Waals surface area contributed by atoms with E-state index >= 15 is 0 Å². The molecule has 0 aliphatic rings. The number of halogens is 2. The molecule has 0 aliphatic carbocycles. The topological polar surface area (TPSA) is 76.0 Å². The number of carbonyl (C=O) groups is 2. The highest BCUT2D eigenvalue weighted by molar-refractivity contribution is 6.35. The number of aromatic nitrogens is 1. The molecule has 1 atom stereocenters. The predicted molar refractivity (Wildman–Crippen MR) is 116 cm³/mol. The van der Waals surface area contributed by atoms with E-state index in [1.807, 2.05) is 0 Å². The number of benzene rings is 2. The van der Waals surface area contributed by atoms with Gasteiger partial charge in [0.1, 0.15) is 22.4 Å². The van der Waals surface area contributed by atoms with E-state index in [0.29, 0.717) is 44.5 Å². The summed E-state index contributed by atoms with van der Waals surface area (Å²) in [5, 5.41) is 0.828. The van der Waals surface area contributed by atoms with E-state index in [2.05, 4.69) is 4.98 Å². The summed E-state index contributed by atoms with van der Waals surface area (Å²) < 4.78 is 16.5. The normalized spacial score (nSPS) is 11.5. The maximum absolute atomic E-state index is 12.9. The highest BCUT2D eigenvalue weighted by Crippen LogP contribution is 2.35. The first kappa shape index (κ1) is 22.6. The van der Waals surface area contributed by atoms with E-state index in [0.717, 1.165) is 0 Å². The monoisotopic (exact) mass is 460 g/mol. The molecule has 1 heterocycles. The van der Waals surface area contributed by atoms with E-state index in [9.17, 15) is 9.59 Å². The third-order valence-corrected chi connectivity index (χ3v) is 5.35. The van der Waals surface area contributed by atoms with Gasteiger partial charge in [0.2, 0.25) is 0 Å². The van der Waals surface area contributed by atoms with Crippen LogP contribution >= 0.6 is 23.2 Å². The van der Waals surface area contributed by atoms with Gasteiger partial charge in [-0.1, -0.05) is 41.4 Å². The van der Waals surface area contributed by atoms with Crippen molar-refractivity contribution in [2.75, 3.05) is 14.2 Å². The molecule has 0 spiro atoms. The second-order valence-corrected chi connectivity index (χ2v) is 7.40. The van der Waals surface area contributed by atoms with Crippen LogP contribution in [0.2, 0.25) is 10.0 Å². The molecule has 0 bridgehead atoms. The van der Waals surface area contributed by atoms with E-state index < -0.39 is 12.1 Å². The van der Waals surface area contributed by atoms with Gasteiger partial charge in [0, 0.05) is 17.5 Å². The van der Waals surface area contributed by atoms with Crippen LogP contribution in [0.15, 0.2) is 54.9 Å². The molecular weight excluding hydrogens is 441 g/mol. The summed E-state index contributed by atoms with van der Waals surface area (Å²) in [6.07, 6.45) is 3.36. The number of aldehydes is 1. The first-order valence-corrected chi connectivity index (χ1v) is 10.0. The van der Waals surface area contributed by atoms with Crippen LogP contribution in [0.3, 0.4) is 0 Å². The zero-order valence-corrected chi connectivity index (χ0v) is 18.4. The molecule has 8 heteroatoms. The van der Waals surface area contributed by atoms with Gasteiger partial charge in [0.25, 0.3) is 0 Å². The van der Waals surface area contributed by atoms with Crippen LogP contribution in [0.1, 0.15) is 37.9 Å². The van der Waals surface area contributed by atoms with Crippen molar-refractivity contribution in [3.63, 3.8) is 0 Å². The quantitative estimate of drug-likeness (QED) is 0.357. The lowest BCUT2D eigenvalue weighted by Gasteiger charge is -2.20. The number of methoxy groups -OCH3 is 2. The van der Waals surface area contributed by atoms with Crippen molar-refractivity contribution >= 4 is 35.5 Å². The summed E-state index contributed by atoms with van der Waals surface area (Å²) in [5.41, 5.74) is 1.92. The maximum atomic E-state index is 12.9. The SMILES string of the molecule is COc1ccc([C@H](Cc2c(Cl)c[nH+]cc2Cl)OC(=O)c2cccc(C=O)c2)cc1OC. The molecule has 1 aromatic heterocycles. The summed E-state index contributed by atoms with van der Waals surface area (Å²) >= 11 is 12.6. The smallest absolute Gasteiger partial charge is 0.338 e. The average Bonchev–Trinajstić information content (AvgIpc) is 2.80. The fraction of sp³-hybridized carbons (Fsp3) is 0.174. The Morgan fingerprint density at radius 1 is 1.03 bits per heavy atom. The molecule has 3 rings (SSSR count). The van der Waals surface area contributed by atoms with E-state index in [1.54, 1.807) is 48.8 Å². The van der Waals surface area contributed by atoms with E-state index in [-0.39, 0.29) is 12.0 Å². The molecule has 0 unspecified atom stereocenters. The second-order valence-electron chi connectivity index (χ2n) is 6.59. The fourth-order valence-electron chi connectivity index (χ4n) is 3.07. The van der Waals surface area contributed by atoms with Crippen LogP contribution in [0, 0.1) is 0 Å². The number of hydrogen-bond donors (Lipinski definition) is 0. The summed E-state index contributed by atoms with van der Waals surface area (Å²) in [6, 6.07) is 11.5. The summed E-state index contributed by atoms with van der Waals surface area (Å²) in [7, 11) is 3.06. The first-order chi connectivity index (χ1) is 15.0. The molecule has 1 N–H and O–H groups in total. The second kappa shape index (κ2) is 10.3. The lowest BCUT2D eigenvalue weighted by Crippen LogP contribution is -2.16. The number of esters is 1. The molecule has 0 amide bonds. The van der Waals surface area contributed by atoms with Crippen molar-refractivity contribution in [1.29, 1.82) is 0 Å².